The summed E-state index contributed by atoms with van der Waals surface area (Å²) in [5.41, 5.74) is 1.39. The number of carbonyl (C=O) groups excluding carboxylic acids is 1. The zero-order chi connectivity index (χ0) is 19.8. The topological polar surface area (TPSA) is 44.7 Å². The molecule has 1 aliphatic rings. The van der Waals surface area contributed by atoms with Crippen LogP contribution in [0.3, 0.4) is 0 Å². The van der Waals surface area contributed by atoms with Crippen molar-refractivity contribution in [3.8, 4) is 0 Å². The fourth-order valence-electron chi connectivity index (χ4n) is 3.84. The molecule has 1 heterocycles. The van der Waals surface area contributed by atoms with Crippen molar-refractivity contribution < 1.29 is 4.79 Å². The molecule has 1 aromatic rings. The Bertz CT molecular complexity index is 634. The summed E-state index contributed by atoms with van der Waals surface area (Å²) in [6.07, 6.45) is 8.15. The summed E-state index contributed by atoms with van der Waals surface area (Å²) < 4.78 is 0.897. The van der Waals surface area contributed by atoms with E-state index in [0.29, 0.717) is 30.0 Å². The first-order valence-electron chi connectivity index (χ1n) is 10.3. The Kier molecular flexibility index (Phi) is 8.97. The molecule has 5 heteroatoms. The minimum atomic E-state index is -0.0668. The van der Waals surface area contributed by atoms with Crippen LogP contribution in [0.25, 0.3) is 0 Å². The highest BCUT2D eigenvalue weighted by Crippen LogP contribution is 2.30. The fraction of sp³-hybridized carbons (Fsp3) is 0.636. The van der Waals surface area contributed by atoms with Crippen LogP contribution in [0.4, 0.5) is 5.69 Å². The summed E-state index contributed by atoms with van der Waals surface area (Å²) >= 11 is 3.47. The van der Waals surface area contributed by atoms with Crippen LogP contribution in [0.5, 0.6) is 0 Å². The van der Waals surface area contributed by atoms with E-state index in [2.05, 4.69) is 53.3 Å². The average molecular weight is 436 g/mol. The molecule has 0 aromatic heterocycles. The lowest BCUT2D eigenvalue weighted by atomic mass is 9.84. The van der Waals surface area contributed by atoms with Crippen LogP contribution in [0.1, 0.15) is 63.2 Å². The van der Waals surface area contributed by atoms with Gasteiger partial charge in [0.2, 0.25) is 0 Å². The molecule has 1 amide bonds. The van der Waals surface area contributed by atoms with Gasteiger partial charge in [0.05, 0.1) is 11.3 Å². The smallest absolute Gasteiger partial charge is 0.253 e. The number of halogens is 1. The van der Waals surface area contributed by atoms with Gasteiger partial charge in [-0.25, -0.2) is 0 Å². The van der Waals surface area contributed by atoms with Crippen molar-refractivity contribution in [3.63, 3.8) is 0 Å². The van der Waals surface area contributed by atoms with Gasteiger partial charge in [0.25, 0.3) is 5.91 Å². The van der Waals surface area contributed by atoms with Gasteiger partial charge in [-0.15, -0.1) is 0 Å². The molecule has 1 saturated heterocycles. The van der Waals surface area contributed by atoms with Gasteiger partial charge in [-0.3, -0.25) is 9.79 Å². The maximum absolute atomic E-state index is 12.4. The van der Waals surface area contributed by atoms with Crippen molar-refractivity contribution in [2.75, 3.05) is 20.1 Å². The zero-order valence-corrected chi connectivity index (χ0v) is 18.8. The van der Waals surface area contributed by atoms with Crippen LogP contribution < -0.4 is 5.32 Å². The number of likely N-dealkylation sites (tertiary alicyclic amines) is 1. The molecule has 0 saturated carbocycles. The molecule has 0 aliphatic carbocycles. The Morgan fingerprint density at radius 1 is 1.37 bits per heavy atom. The molecular formula is C22H34BrN3O. The predicted molar refractivity (Wildman–Crippen MR) is 118 cm³/mol. The molecule has 150 valence electrons. The van der Waals surface area contributed by atoms with E-state index in [-0.39, 0.29) is 5.91 Å². The summed E-state index contributed by atoms with van der Waals surface area (Å²) in [4.78, 5) is 19.7. The van der Waals surface area contributed by atoms with Crippen LogP contribution in [-0.2, 0) is 0 Å². The number of hydrogen-bond acceptors (Lipinski definition) is 3. The number of nitrogens with zero attached hydrogens (tertiary/aromatic N) is 2. The SMILES string of the molecule is CCC[C@@H](C=Nc1ccc(Br)cc1C(=O)NCC)C1CC[C@@H](C)N(C)CC1. The van der Waals surface area contributed by atoms with Crippen molar-refractivity contribution in [2.45, 2.75) is 58.9 Å². The average Bonchev–Trinajstić information content (AvgIpc) is 2.81. The summed E-state index contributed by atoms with van der Waals surface area (Å²) in [5.74, 6) is 1.08. The highest BCUT2D eigenvalue weighted by molar-refractivity contribution is 9.10. The molecule has 3 atom stereocenters. The number of hydrogen-bond donors (Lipinski definition) is 1. The number of rotatable bonds is 7. The van der Waals surface area contributed by atoms with Gasteiger partial charge < -0.3 is 10.2 Å². The Hall–Kier alpha value is -1.20. The van der Waals surface area contributed by atoms with E-state index in [1.807, 2.05) is 25.1 Å². The van der Waals surface area contributed by atoms with Crippen molar-refractivity contribution in [3.05, 3.63) is 28.2 Å². The van der Waals surface area contributed by atoms with Gasteiger partial charge in [-0.1, -0.05) is 29.3 Å². The lowest BCUT2D eigenvalue weighted by Gasteiger charge is -2.22. The second-order valence-electron chi connectivity index (χ2n) is 7.71. The minimum Gasteiger partial charge on any atom is -0.352 e. The van der Waals surface area contributed by atoms with E-state index in [0.717, 1.165) is 29.5 Å². The van der Waals surface area contributed by atoms with Gasteiger partial charge in [0, 0.05) is 23.3 Å². The zero-order valence-electron chi connectivity index (χ0n) is 17.2. The van der Waals surface area contributed by atoms with Crippen LogP contribution in [0, 0.1) is 11.8 Å². The van der Waals surface area contributed by atoms with Crippen LogP contribution in [0.15, 0.2) is 27.7 Å². The lowest BCUT2D eigenvalue weighted by Crippen LogP contribution is -2.28. The van der Waals surface area contributed by atoms with Crippen molar-refractivity contribution in [1.29, 1.82) is 0 Å². The molecule has 0 spiro atoms. The van der Waals surface area contributed by atoms with Crippen LogP contribution >= 0.6 is 15.9 Å². The lowest BCUT2D eigenvalue weighted by molar-refractivity contribution is 0.0956. The third-order valence-corrected chi connectivity index (χ3v) is 6.23. The molecule has 1 unspecified atom stereocenters. The van der Waals surface area contributed by atoms with Gasteiger partial charge >= 0.3 is 0 Å². The largest absolute Gasteiger partial charge is 0.352 e. The van der Waals surface area contributed by atoms with Gasteiger partial charge in [0.1, 0.15) is 0 Å². The summed E-state index contributed by atoms with van der Waals surface area (Å²) in [7, 11) is 2.23. The first-order valence-corrected chi connectivity index (χ1v) is 11.1. The van der Waals surface area contributed by atoms with E-state index in [1.165, 1.54) is 19.3 Å². The third-order valence-electron chi connectivity index (χ3n) is 5.73. The quantitative estimate of drug-likeness (QED) is 0.579. The van der Waals surface area contributed by atoms with E-state index in [4.69, 9.17) is 4.99 Å². The first kappa shape index (κ1) is 22.1. The Morgan fingerprint density at radius 3 is 2.85 bits per heavy atom. The summed E-state index contributed by atoms with van der Waals surface area (Å²) in [6, 6.07) is 6.39. The molecule has 1 aliphatic heterocycles. The maximum atomic E-state index is 12.4. The van der Waals surface area contributed by atoms with Crippen molar-refractivity contribution >= 4 is 33.7 Å². The first-order chi connectivity index (χ1) is 13.0. The summed E-state index contributed by atoms with van der Waals surface area (Å²) in [5, 5.41) is 2.88. The fourth-order valence-corrected chi connectivity index (χ4v) is 4.20. The molecule has 0 radical (unpaired) electrons. The predicted octanol–water partition coefficient (Wildman–Crippen LogP) is 5.44. The second kappa shape index (κ2) is 11.0. The van der Waals surface area contributed by atoms with Crippen molar-refractivity contribution in [1.82, 2.24) is 10.2 Å². The van der Waals surface area contributed by atoms with Gasteiger partial charge in [0.15, 0.2) is 0 Å². The molecule has 0 bridgehead atoms. The molecule has 2 rings (SSSR count). The molecule has 4 nitrogen and oxygen atoms in total. The van der Waals surface area contributed by atoms with Crippen LogP contribution in [-0.4, -0.2) is 43.2 Å². The third kappa shape index (κ3) is 6.42. The summed E-state index contributed by atoms with van der Waals surface area (Å²) in [6.45, 7) is 8.26. The number of benzene rings is 1. The Balaban J connectivity index is 2.20. The minimum absolute atomic E-state index is 0.0668. The normalized spacial score (nSPS) is 22.6. The Labute approximate surface area is 172 Å². The highest BCUT2D eigenvalue weighted by Gasteiger charge is 2.25. The number of amides is 1. The number of nitrogens with one attached hydrogen (secondary N) is 1. The van der Waals surface area contributed by atoms with E-state index in [1.54, 1.807) is 0 Å². The molecule has 1 N–H and O–H groups in total. The standard InChI is InChI=1S/C22H34BrN3O/c1-5-7-18(17-9-8-16(3)26(4)13-12-17)15-25-21-11-10-19(23)14-20(21)22(27)24-6-2/h10-11,14-18H,5-9,12-13H2,1-4H3,(H,24,27)/t16-,17?,18+/m1/s1. The number of carbonyl (C=O) groups is 1. The van der Waals surface area contributed by atoms with E-state index >= 15 is 0 Å². The molecule has 1 fully saturated rings. The van der Waals surface area contributed by atoms with Gasteiger partial charge in [-0.05, 0) is 83.2 Å². The number of aliphatic imine (C=N–C) groups is 1. The molecule has 1 aromatic carbocycles. The molecule has 27 heavy (non-hydrogen) atoms. The monoisotopic (exact) mass is 435 g/mol. The molecular weight excluding hydrogens is 402 g/mol. The van der Waals surface area contributed by atoms with E-state index in [9.17, 15) is 4.79 Å². The van der Waals surface area contributed by atoms with Crippen LogP contribution in [0.2, 0.25) is 0 Å². The second-order valence-corrected chi connectivity index (χ2v) is 8.62. The Morgan fingerprint density at radius 2 is 2.15 bits per heavy atom. The van der Waals surface area contributed by atoms with Gasteiger partial charge in [-0.2, -0.15) is 0 Å². The van der Waals surface area contributed by atoms with Crippen molar-refractivity contribution in [2.24, 2.45) is 16.8 Å². The van der Waals surface area contributed by atoms with E-state index < -0.39 is 0 Å². The maximum Gasteiger partial charge on any atom is 0.253 e. The highest BCUT2D eigenvalue weighted by atomic mass is 79.9.